The Morgan fingerprint density at radius 3 is 2.69 bits per heavy atom. The SMILES string of the molecule is N#C/C(=C\C1CC1)C(=O)N1CCCC(NC(=O)[C@@H]2Sc3nccc4c3C2NC(=O)N4c2ccc(Oc3ccccc3)cc2F)C1. The number of pyridine rings is 1. The second-order valence-corrected chi connectivity index (χ2v) is 12.6. The normalized spacial score (nSPS) is 22.3. The summed E-state index contributed by atoms with van der Waals surface area (Å²) in [4.78, 5) is 47.5. The van der Waals surface area contributed by atoms with Gasteiger partial charge in [0.05, 0.1) is 17.4 Å². The zero-order valence-corrected chi connectivity index (χ0v) is 24.9. The number of piperidine rings is 1. The standard InChI is InChI=1S/C33H29FN6O4S/c34-24-16-23(44-22-6-2-1-3-7-22)10-11-25(24)40-26-12-13-36-31-27(26)28(38-33(40)43)29(45-31)30(41)37-21-5-4-14-39(18-21)32(42)20(17-35)15-19-8-9-19/h1-3,6-7,10-13,15-16,19,21,28-29H,4-5,8-9,14,18H2,(H,37,41)(H,38,43)/b20-15+/t21?,28?,29-/m1/s1. The molecular weight excluding hydrogens is 595 g/mol. The quantitative estimate of drug-likeness (QED) is 0.268. The Kier molecular flexibility index (Phi) is 7.63. The third kappa shape index (κ3) is 5.71. The van der Waals surface area contributed by atoms with E-state index in [0.29, 0.717) is 53.9 Å². The average Bonchev–Trinajstić information content (AvgIpc) is 3.80. The fraction of sp³-hybridized carbons (Fsp3) is 0.303. The molecular formula is C33H29FN6O4S. The molecule has 4 heterocycles. The maximum atomic E-state index is 15.5. The van der Waals surface area contributed by atoms with Gasteiger partial charge in [-0.1, -0.05) is 36.0 Å². The van der Waals surface area contributed by atoms with Gasteiger partial charge in [0.2, 0.25) is 5.91 Å². The second kappa shape index (κ2) is 11.9. The van der Waals surface area contributed by atoms with Gasteiger partial charge in [-0.25, -0.2) is 14.2 Å². The molecule has 12 heteroatoms. The van der Waals surface area contributed by atoms with E-state index in [9.17, 15) is 19.6 Å². The molecule has 0 spiro atoms. The third-order valence-corrected chi connectivity index (χ3v) is 9.62. The van der Waals surface area contributed by atoms with Gasteiger partial charge in [0.25, 0.3) is 5.91 Å². The molecule has 228 valence electrons. The summed E-state index contributed by atoms with van der Waals surface area (Å²) in [7, 11) is 0. The monoisotopic (exact) mass is 624 g/mol. The van der Waals surface area contributed by atoms with Crippen LogP contribution in [0.1, 0.15) is 37.3 Å². The van der Waals surface area contributed by atoms with Crippen LogP contribution in [0.15, 0.2) is 77.5 Å². The first-order valence-corrected chi connectivity index (χ1v) is 15.8. The fourth-order valence-electron chi connectivity index (χ4n) is 6.01. The maximum Gasteiger partial charge on any atom is 0.327 e. The number of carbonyl (C=O) groups is 3. The minimum atomic E-state index is -0.707. The number of anilines is 2. The van der Waals surface area contributed by atoms with Crippen molar-refractivity contribution in [3.05, 3.63) is 83.8 Å². The molecule has 1 aliphatic carbocycles. The number of hydrogen-bond acceptors (Lipinski definition) is 7. The van der Waals surface area contributed by atoms with E-state index in [0.717, 1.165) is 12.8 Å². The number of nitrogens with one attached hydrogen (secondary N) is 2. The van der Waals surface area contributed by atoms with Crippen LogP contribution in [0.2, 0.25) is 0 Å². The minimum absolute atomic E-state index is 0.0390. The lowest BCUT2D eigenvalue weighted by Gasteiger charge is -2.36. The van der Waals surface area contributed by atoms with E-state index in [4.69, 9.17) is 4.74 Å². The highest BCUT2D eigenvalue weighted by Crippen LogP contribution is 2.51. The lowest BCUT2D eigenvalue weighted by atomic mass is 9.99. The van der Waals surface area contributed by atoms with Crippen molar-refractivity contribution in [1.82, 2.24) is 20.5 Å². The summed E-state index contributed by atoms with van der Waals surface area (Å²) in [6.45, 7) is 0.826. The van der Waals surface area contributed by atoms with Gasteiger partial charge in [-0.3, -0.25) is 14.5 Å². The Morgan fingerprint density at radius 1 is 1.11 bits per heavy atom. The number of allylic oxidation sites excluding steroid dienone is 1. The van der Waals surface area contributed by atoms with E-state index in [1.807, 2.05) is 24.3 Å². The van der Waals surface area contributed by atoms with Gasteiger partial charge < -0.3 is 20.3 Å². The number of nitriles is 1. The van der Waals surface area contributed by atoms with Crippen LogP contribution in [0.5, 0.6) is 11.5 Å². The smallest absolute Gasteiger partial charge is 0.327 e. The van der Waals surface area contributed by atoms with Gasteiger partial charge >= 0.3 is 6.03 Å². The minimum Gasteiger partial charge on any atom is -0.457 e. The molecule has 3 aromatic rings. The molecule has 3 aliphatic heterocycles. The second-order valence-electron chi connectivity index (χ2n) is 11.5. The van der Waals surface area contributed by atoms with Crippen molar-refractivity contribution >= 4 is 41.0 Å². The first kappa shape index (κ1) is 28.9. The molecule has 1 saturated carbocycles. The average molecular weight is 625 g/mol. The van der Waals surface area contributed by atoms with Crippen LogP contribution in [-0.4, -0.2) is 52.1 Å². The van der Waals surface area contributed by atoms with Crippen molar-refractivity contribution in [1.29, 1.82) is 5.26 Å². The Hall–Kier alpha value is -4.89. The number of nitrogens with zero attached hydrogens (tertiary/aromatic N) is 4. The number of rotatable bonds is 7. The molecule has 0 radical (unpaired) electrons. The Labute approximate surface area is 263 Å². The van der Waals surface area contributed by atoms with Crippen molar-refractivity contribution < 1.29 is 23.5 Å². The number of amides is 4. The molecule has 0 bridgehead atoms. The number of likely N-dealkylation sites (tertiary alicyclic amines) is 1. The molecule has 2 N–H and O–H groups in total. The van der Waals surface area contributed by atoms with Gasteiger partial charge in [-0.2, -0.15) is 5.26 Å². The predicted octanol–water partition coefficient (Wildman–Crippen LogP) is 5.36. The van der Waals surface area contributed by atoms with Crippen molar-refractivity contribution in [2.75, 3.05) is 18.0 Å². The summed E-state index contributed by atoms with van der Waals surface area (Å²) in [5.41, 5.74) is 1.30. The van der Waals surface area contributed by atoms with Crippen molar-refractivity contribution in [3.8, 4) is 17.6 Å². The molecule has 2 unspecified atom stereocenters. The first-order valence-electron chi connectivity index (χ1n) is 14.9. The summed E-state index contributed by atoms with van der Waals surface area (Å²) < 4.78 is 21.2. The molecule has 10 nitrogen and oxygen atoms in total. The highest BCUT2D eigenvalue weighted by atomic mass is 32.2. The largest absolute Gasteiger partial charge is 0.457 e. The maximum absolute atomic E-state index is 15.5. The van der Waals surface area contributed by atoms with E-state index >= 15 is 4.39 Å². The Balaban J connectivity index is 1.07. The number of para-hydroxylation sites is 1. The van der Waals surface area contributed by atoms with Gasteiger partial charge in [0.1, 0.15) is 33.4 Å². The first-order chi connectivity index (χ1) is 21.9. The number of urea groups is 1. The summed E-state index contributed by atoms with van der Waals surface area (Å²) in [6, 6.07) is 15.5. The number of benzene rings is 2. The van der Waals surface area contributed by atoms with Gasteiger partial charge in [-0.05, 0) is 61.9 Å². The number of ether oxygens (including phenoxy) is 1. The predicted molar refractivity (Wildman–Crippen MR) is 164 cm³/mol. The molecule has 45 heavy (non-hydrogen) atoms. The van der Waals surface area contributed by atoms with Crippen LogP contribution in [0.3, 0.4) is 0 Å². The van der Waals surface area contributed by atoms with Crippen LogP contribution in [0.4, 0.5) is 20.6 Å². The van der Waals surface area contributed by atoms with E-state index in [2.05, 4.69) is 15.6 Å². The molecule has 3 atom stereocenters. The molecule has 1 aromatic heterocycles. The highest BCUT2D eigenvalue weighted by molar-refractivity contribution is 8.01. The van der Waals surface area contributed by atoms with Crippen molar-refractivity contribution in [2.45, 2.75) is 48.0 Å². The van der Waals surface area contributed by atoms with Crippen LogP contribution in [-0.2, 0) is 9.59 Å². The van der Waals surface area contributed by atoms with Crippen molar-refractivity contribution in [3.63, 3.8) is 0 Å². The van der Waals surface area contributed by atoms with Gasteiger partial charge in [0, 0.05) is 37.0 Å². The van der Waals surface area contributed by atoms with Gasteiger partial charge in [0.15, 0.2) is 5.82 Å². The Morgan fingerprint density at radius 2 is 1.93 bits per heavy atom. The number of thioether (sulfide) groups is 1. The topological polar surface area (TPSA) is 128 Å². The lowest BCUT2D eigenvalue weighted by molar-refractivity contribution is -0.129. The van der Waals surface area contributed by atoms with Crippen LogP contribution < -0.4 is 20.3 Å². The lowest BCUT2D eigenvalue weighted by Crippen LogP contribution is -2.54. The van der Waals surface area contributed by atoms with Crippen LogP contribution in [0.25, 0.3) is 0 Å². The van der Waals surface area contributed by atoms with E-state index in [1.165, 1.54) is 28.8 Å². The van der Waals surface area contributed by atoms with Crippen LogP contribution >= 0.6 is 11.8 Å². The highest BCUT2D eigenvalue weighted by Gasteiger charge is 2.47. The fourth-order valence-corrected chi connectivity index (χ4v) is 7.25. The third-order valence-electron chi connectivity index (χ3n) is 8.33. The summed E-state index contributed by atoms with van der Waals surface area (Å²) in [6.07, 6.45) is 6.67. The molecule has 4 amide bonds. The molecule has 1 saturated heterocycles. The zero-order valence-electron chi connectivity index (χ0n) is 24.1. The summed E-state index contributed by atoms with van der Waals surface area (Å²) in [5.74, 6) is -0.0897. The molecule has 7 rings (SSSR count). The summed E-state index contributed by atoms with van der Waals surface area (Å²) >= 11 is 1.25. The Bertz CT molecular complexity index is 1760. The molecule has 4 aliphatic rings. The van der Waals surface area contributed by atoms with Crippen molar-refractivity contribution in [2.24, 2.45) is 5.92 Å². The molecule has 2 fully saturated rings. The zero-order chi connectivity index (χ0) is 31.1. The number of carbonyl (C=O) groups excluding carboxylic acids is 3. The van der Waals surface area contributed by atoms with Gasteiger partial charge in [-0.15, -0.1) is 0 Å². The van der Waals surface area contributed by atoms with E-state index in [1.54, 1.807) is 41.4 Å². The number of hydrogen-bond donors (Lipinski definition) is 2. The number of halogens is 1. The number of aromatic nitrogens is 1. The van der Waals surface area contributed by atoms with E-state index < -0.39 is 23.1 Å². The summed E-state index contributed by atoms with van der Waals surface area (Å²) in [5, 5.41) is 15.4. The molecule has 2 aromatic carbocycles. The van der Waals surface area contributed by atoms with Crippen LogP contribution in [0, 0.1) is 23.1 Å². The van der Waals surface area contributed by atoms with E-state index in [-0.39, 0.29) is 34.9 Å².